The summed E-state index contributed by atoms with van der Waals surface area (Å²) in [5, 5.41) is 0. The van der Waals surface area contributed by atoms with Gasteiger partial charge in [-0.2, -0.15) is 0 Å². The van der Waals surface area contributed by atoms with E-state index in [-0.39, 0.29) is 35.2 Å². The SMILES string of the molecule is CC1(C)C[C@H]2C[C@](C)(C1)[C@@H]1N2c2ccc(F)cc2CC12C(=O)OC(C)(C)OC2=O. The number of hydrogen-bond donors (Lipinski definition) is 0. The van der Waals surface area contributed by atoms with Crippen LogP contribution in [0.2, 0.25) is 0 Å². The van der Waals surface area contributed by atoms with Crippen LogP contribution in [0.3, 0.4) is 0 Å². The third kappa shape index (κ3) is 2.44. The van der Waals surface area contributed by atoms with Crippen molar-refractivity contribution in [3.63, 3.8) is 0 Å². The van der Waals surface area contributed by atoms with E-state index in [0.29, 0.717) is 5.56 Å². The first-order chi connectivity index (χ1) is 13.4. The molecule has 0 N–H and O–H groups in total. The molecule has 4 aliphatic rings. The van der Waals surface area contributed by atoms with Gasteiger partial charge in [-0.1, -0.05) is 20.8 Å². The average molecular weight is 401 g/mol. The lowest BCUT2D eigenvalue weighted by molar-refractivity contribution is -0.255. The predicted molar refractivity (Wildman–Crippen MR) is 105 cm³/mol. The fourth-order valence-electron chi connectivity index (χ4n) is 7.05. The molecule has 0 aromatic heterocycles. The molecule has 1 spiro atoms. The number of benzene rings is 1. The monoisotopic (exact) mass is 401 g/mol. The lowest BCUT2D eigenvalue weighted by atomic mass is 9.57. The molecule has 3 aliphatic heterocycles. The maximum Gasteiger partial charge on any atom is 0.329 e. The highest BCUT2D eigenvalue weighted by Gasteiger charge is 2.72. The molecule has 29 heavy (non-hydrogen) atoms. The van der Waals surface area contributed by atoms with Crippen molar-refractivity contribution in [2.45, 2.75) is 78.2 Å². The Morgan fingerprint density at radius 1 is 1.03 bits per heavy atom. The van der Waals surface area contributed by atoms with E-state index in [9.17, 15) is 14.0 Å². The minimum Gasteiger partial charge on any atom is -0.422 e. The zero-order valence-corrected chi connectivity index (χ0v) is 17.7. The Bertz CT molecular complexity index is 919. The van der Waals surface area contributed by atoms with Crippen LogP contribution in [-0.4, -0.2) is 29.8 Å². The summed E-state index contributed by atoms with van der Waals surface area (Å²) in [7, 11) is 0. The molecular formula is C23H28FNO4. The van der Waals surface area contributed by atoms with Crippen LogP contribution in [0.5, 0.6) is 0 Å². The fourth-order valence-corrected chi connectivity index (χ4v) is 7.05. The van der Waals surface area contributed by atoms with Crippen LogP contribution in [0, 0.1) is 22.1 Å². The topological polar surface area (TPSA) is 55.8 Å². The van der Waals surface area contributed by atoms with Gasteiger partial charge in [0, 0.05) is 32.0 Å². The first kappa shape index (κ1) is 18.9. The zero-order valence-electron chi connectivity index (χ0n) is 17.7. The van der Waals surface area contributed by atoms with Crippen LogP contribution in [-0.2, 0) is 25.5 Å². The lowest BCUT2D eigenvalue weighted by Crippen LogP contribution is -2.67. The fraction of sp³-hybridized carbons (Fsp3) is 0.652. The van der Waals surface area contributed by atoms with Crippen molar-refractivity contribution in [3.05, 3.63) is 29.6 Å². The summed E-state index contributed by atoms with van der Waals surface area (Å²) in [5.74, 6) is -2.75. The maximum absolute atomic E-state index is 14.1. The van der Waals surface area contributed by atoms with Crippen LogP contribution in [0.4, 0.5) is 10.1 Å². The number of ether oxygens (including phenoxy) is 2. The molecule has 0 amide bonds. The van der Waals surface area contributed by atoms with Gasteiger partial charge in [-0.3, -0.25) is 9.59 Å². The molecule has 1 aromatic rings. The highest BCUT2D eigenvalue weighted by molar-refractivity contribution is 6.04. The summed E-state index contributed by atoms with van der Waals surface area (Å²) < 4.78 is 25.4. The van der Waals surface area contributed by atoms with E-state index in [1.54, 1.807) is 19.9 Å². The molecule has 2 bridgehead atoms. The van der Waals surface area contributed by atoms with Gasteiger partial charge in [0.05, 0.1) is 6.04 Å². The average Bonchev–Trinajstić information content (AvgIpc) is 2.77. The second-order valence-electron chi connectivity index (χ2n) is 11.0. The molecule has 5 rings (SSSR count). The molecule has 1 saturated carbocycles. The summed E-state index contributed by atoms with van der Waals surface area (Å²) in [4.78, 5) is 29.2. The van der Waals surface area contributed by atoms with Gasteiger partial charge < -0.3 is 14.4 Å². The second kappa shape index (κ2) is 5.32. The van der Waals surface area contributed by atoms with E-state index < -0.39 is 23.1 Å². The van der Waals surface area contributed by atoms with Gasteiger partial charge in [-0.15, -0.1) is 0 Å². The molecule has 3 heterocycles. The Morgan fingerprint density at radius 3 is 2.34 bits per heavy atom. The molecule has 3 atom stereocenters. The van der Waals surface area contributed by atoms with Crippen molar-refractivity contribution in [2.24, 2.45) is 16.2 Å². The van der Waals surface area contributed by atoms with E-state index >= 15 is 0 Å². The lowest BCUT2D eigenvalue weighted by Gasteiger charge is -2.53. The number of nitrogens with zero attached hydrogens (tertiary/aromatic N) is 1. The first-order valence-corrected chi connectivity index (χ1v) is 10.4. The smallest absolute Gasteiger partial charge is 0.329 e. The normalized spacial score (nSPS) is 35.6. The number of anilines is 1. The third-order valence-corrected chi connectivity index (χ3v) is 7.37. The van der Waals surface area contributed by atoms with Crippen LogP contribution < -0.4 is 4.90 Å². The van der Waals surface area contributed by atoms with E-state index in [1.807, 2.05) is 0 Å². The number of hydrogen-bond acceptors (Lipinski definition) is 5. The van der Waals surface area contributed by atoms with Gasteiger partial charge >= 0.3 is 11.9 Å². The Morgan fingerprint density at radius 2 is 1.69 bits per heavy atom. The van der Waals surface area contributed by atoms with Crippen LogP contribution in [0.25, 0.3) is 0 Å². The highest BCUT2D eigenvalue weighted by atomic mass is 19.1. The van der Waals surface area contributed by atoms with Crippen molar-refractivity contribution in [2.75, 3.05) is 4.90 Å². The van der Waals surface area contributed by atoms with E-state index in [0.717, 1.165) is 24.9 Å². The Kier molecular flexibility index (Phi) is 3.47. The number of carbonyl (C=O) groups is 2. The van der Waals surface area contributed by atoms with Gasteiger partial charge in [0.25, 0.3) is 5.79 Å². The molecule has 1 aromatic carbocycles. The van der Waals surface area contributed by atoms with Gasteiger partial charge in [0.1, 0.15) is 5.82 Å². The predicted octanol–water partition coefficient (Wildman–Crippen LogP) is 3.98. The Labute approximate surface area is 170 Å². The molecule has 2 saturated heterocycles. The second-order valence-corrected chi connectivity index (χ2v) is 11.0. The van der Waals surface area contributed by atoms with Gasteiger partial charge in [-0.25, -0.2) is 4.39 Å². The minimum absolute atomic E-state index is 0.0815. The number of cyclic esters (lactones) is 2. The van der Waals surface area contributed by atoms with Crippen molar-refractivity contribution < 1.29 is 23.5 Å². The number of halogens is 1. The van der Waals surface area contributed by atoms with Gasteiger partial charge in [-0.05, 0) is 53.9 Å². The molecule has 0 unspecified atom stereocenters. The molecule has 156 valence electrons. The van der Waals surface area contributed by atoms with Crippen molar-refractivity contribution >= 4 is 17.6 Å². The molecule has 3 fully saturated rings. The summed E-state index contributed by atoms with van der Waals surface area (Å²) in [6.07, 6.45) is 2.86. The minimum atomic E-state index is -1.47. The van der Waals surface area contributed by atoms with Crippen LogP contribution in [0.1, 0.15) is 59.4 Å². The number of esters is 2. The van der Waals surface area contributed by atoms with Crippen molar-refractivity contribution in [3.8, 4) is 0 Å². The standard InChI is InChI=1S/C23H28FNO4/c1-20(2)10-15-11-22(5,12-20)17-23(18(26)28-21(3,4)29-19(23)27)9-13-8-14(24)6-7-16(13)25(15)17/h6-8,15,17H,9-12H2,1-5H3/t15-,17-,22+/m0/s1. The highest BCUT2D eigenvalue weighted by Crippen LogP contribution is 2.64. The third-order valence-electron chi connectivity index (χ3n) is 7.37. The van der Waals surface area contributed by atoms with Crippen LogP contribution >= 0.6 is 0 Å². The number of carbonyl (C=O) groups excluding carboxylic acids is 2. The molecule has 6 heteroatoms. The van der Waals surface area contributed by atoms with E-state index in [1.165, 1.54) is 12.1 Å². The number of fused-ring (bicyclic) bond motifs is 8. The van der Waals surface area contributed by atoms with E-state index in [2.05, 4.69) is 25.7 Å². The number of rotatable bonds is 0. The Balaban J connectivity index is 1.75. The maximum atomic E-state index is 14.1. The van der Waals surface area contributed by atoms with Gasteiger partial charge in [0.15, 0.2) is 5.41 Å². The van der Waals surface area contributed by atoms with Crippen molar-refractivity contribution in [1.82, 2.24) is 0 Å². The molecule has 5 nitrogen and oxygen atoms in total. The zero-order chi connectivity index (χ0) is 21.0. The van der Waals surface area contributed by atoms with Crippen LogP contribution in [0.15, 0.2) is 18.2 Å². The van der Waals surface area contributed by atoms with Crippen molar-refractivity contribution in [1.29, 1.82) is 0 Å². The summed E-state index contributed by atoms with van der Waals surface area (Å²) in [5.41, 5.74) is -0.0428. The van der Waals surface area contributed by atoms with Gasteiger partial charge in [0.2, 0.25) is 0 Å². The Hall–Kier alpha value is -2.11. The largest absolute Gasteiger partial charge is 0.422 e. The quantitative estimate of drug-likeness (QED) is 0.486. The van der Waals surface area contributed by atoms with E-state index in [4.69, 9.17) is 9.47 Å². The summed E-state index contributed by atoms with van der Waals surface area (Å²) in [6, 6.07) is 4.53. The molecule has 1 aliphatic carbocycles. The molecular weight excluding hydrogens is 373 g/mol. The first-order valence-electron chi connectivity index (χ1n) is 10.4. The summed E-state index contributed by atoms with van der Waals surface area (Å²) >= 11 is 0. The summed E-state index contributed by atoms with van der Waals surface area (Å²) in [6.45, 7) is 9.81. The molecule has 0 radical (unpaired) electrons.